The smallest absolute Gasteiger partial charge is 0.303 e. The van der Waals surface area contributed by atoms with E-state index in [9.17, 15) is 18.0 Å². The van der Waals surface area contributed by atoms with Crippen LogP contribution in [-0.2, 0) is 11.8 Å². The molecule has 24 heavy (non-hydrogen) atoms. The van der Waals surface area contributed by atoms with Gasteiger partial charge in [-0.05, 0) is 32.1 Å². The summed E-state index contributed by atoms with van der Waals surface area (Å²) in [6.45, 7) is 0.601. The van der Waals surface area contributed by atoms with Gasteiger partial charge in [0.05, 0.1) is 12.0 Å². The summed E-state index contributed by atoms with van der Waals surface area (Å²) in [5.74, 6) is -0.741. The summed E-state index contributed by atoms with van der Waals surface area (Å²) < 4.78 is 40.5. The molecule has 1 aliphatic heterocycles. The molecule has 2 aliphatic rings. The number of piperidine rings is 1. The largest absolute Gasteiger partial charge is 0.391 e. The second-order valence-electron chi connectivity index (χ2n) is 6.80. The molecule has 134 valence electrons. The highest BCUT2D eigenvalue weighted by Gasteiger charge is 2.43. The minimum Gasteiger partial charge on any atom is -0.303 e. The van der Waals surface area contributed by atoms with E-state index in [2.05, 4.69) is 10.4 Å². The summed E-state index contributed by atoms with van der Waals surface area (Å²) in [6, 6.07) is 1.11. The van der Waals surface area contributed by atoms with Gasteiger partial charge < -0.3 is 5.32 Å². The van der Waals surface area contributed by atoms with Crippen LogP contribution in [0.1, 0.15) is 38.5 Å². The number of hydrogen-bond donors (Lipinski definition) is 1. The maximum atomic E-state index is 12.9. The zero-order valence-corrected chi connectivity index (χ0v) is 13.7. The lowest BCUT2D eigenvalue weighted by atomic mass is 9.84. The van der Waals surface area contributed by atoms with Crippen LogP contribution >= 0.6 is 0 Å². The van der Waals surface area contributed by atoms with Crippen molar-refractivity contribution in [1.82, 2.24) is 15.1 Å². The third-order valence-electron chi connectivity index (χ3n) is 4.99. The number of nitrogens with zero attached hydrogens (tertiary/aromatic N) is 3. The van der Waals surface area contributed by atoms with Crippen LogP contribution in [0.5, 0.6) is 0 Å². The Bertz CT molecular complexity index is 586. The van der Waals surface area contributed by atoms with Crippen molar-refractivity contribution < 1.29 is 18.0 Å². The molecule has 1 aliphatic carbocycles. The normalized spacial score (nSPS) is 29.1. The third-order valence-corrected chi connectivity index (χ3v) is 4.99. The molecule has 1 N–H and O–H groups in total. The Labute approximate surface area is 139 Å². The molecule has 2 heterocycles. The molecule has 0 spiro atoms. The van der Waals surface area contributed by atoms with Gasteiger partial charge in [0.2, 0.25) is 5.91 Å². The monoisotopic (exact) mass is 344 g/mol. The van der Waals surface area contributed by atoms with Crippen LogP contribution in [0.3, 0.4) is 0 Å². The van der Waals surface area contributed by atoms with E-state index in [0.29, 0.717) is 31.6 Å². The number of hydrogen-bond acceptors (Lipinski definition) is 3. The average Bonchev–Trinajstić information content (AvgIpc) is 2.95. The highest BCUT2D eigenvalue weighted by Crippen LogP contribution is 2.37. The molecule has 0 radical (unpaired) electrons. The predicted octanol–water partition coefficient (Wildman–Crippen LogP) is 2.63. The maximum absolute atomic E-state index is 12.9. The molecule has 5 nitrogen and oxygen atoms in total. The van der Waals surface area contributed by atoms with E-state index >= 15 is 0 Å². The highest BCUT2D eigenvalue weighted by molar-refractivity contribution is 5.97. The standard InChI is InChI=1S/C16H23F3N4O/c1-22-9-7-14(21-22)23-8-3-6-13(15(23)24)20-12-5-2-4-11(10-12)16(17,18)19/h7,9,11-13,20H,2-6,8,10H2,1H3. The van der Waals surface area contributed by atoms with Crippen LogP contribution in [0, 0.1) is 5.92 Å². The Kier molecular flexibility index (Phi) is 4.85. The van der Waals surface area contributed by atoms with E-state index in [1.807, 2.05) is 0 Å². The molecule has 8 heteroatoms. The van der Waals surface area contributed by atoms with Crippen LogP contribution in [-0.4, -0.2) is 40.5 Å². The van der Waals surface area contributed by atoms with Crippen LogP contribution in [0.15, 0.2) is 12.3 Å². The van der Waals surface area contributed by atoms with Crippen LogP contribution in [0.25, 0.3) is 0 Å². The van der Waals surface area contributed by atoms with Crippen molar-refractivity contribution in [3.8, 4) is 0 Å². The van der Waals surface area contributed by atoms with Gasteiger partial charge in [0.25, 0.3) is 0 Å². The summed E-state index contributed by atoms with van der Waals surface area (Å²) in [6.07, 6.45) is 0.611. The van der Waals surface area contributed by atoms with Gasteiger partial charge >= 0.3 is 6.18 Å². The number of alkyl halides is 3. The quantitative estimate of drug-likeness (QED) is 0.917. The molecule has 1 aromatic rings. The van der Waals surface area contributed by atoms with E-state index in [0.717, 1.165) is 6.42 Å². The molecule has 3 unspecified atom stereocenters. The van der Waals surface area contributed by atoms with Crippen molar-refractivity contribution in [2.75, 3.05) is 11.4 Å². The predicted molar refractivity (Wildman–Crippen MR) is 83.5 cm³/mol. The summed E-state index contributed by atoms with van der Waals surface area (Å²) >= 11 is 0. The van der Waals surface area contributed by atoms with Crippen molar-refractivity contribution >= 4 is 11.7 Å². The molecule has 1 amide bonds. The number of carbonyl (C=O) groups excluding carboxylic acids is 1. The van der Waals surface area contributed by atoms with Crippen molar-refractivity contribution in [1.29, 1.82) is 0 Å². The first kappa shape index (κ1) is 17.3. The van der Waals surface area contributed by atoms with E-state index < -0.39 is 18.1 Å². The van der Waals surface area contributed by atoms with Gasteiger partial charge in [-0.2, -0.15) is 18.3 Å². The minimum absolute atomic E-state index is 0.0663. The van der Waals surface area contributed by atoms with Gasteiger partial charge in [0.1, 0.15) is 0 Å². The zero-order chi connectivity index (χ0) is 17.3. The number of anilines is 1. The van der Waals surface area contributed by atoms with Gasteiger partial charge in [-0.15, -0.1) is 0 Å². The Morgan fingerprint density at radius 2 is 2.04 bits per heavy atom. The van der Waals surface area contributed by atoms with E-state index in [1.165, 1.54) is 0 Å². The van der Waals surface area contributed by atoms with Crippen molar-refractivity contribution in [2.45, 2.75) is 56.8 Å². The van der Waals surface area contributed by atoms with Gasteiger partial charge in [-0.1, -0.05) is 6.42 Å². The van der Waals surface area contributed by atoms with Crippen LogP contribution in [0.2, 0.25) is 0 Å². The van der Waals surface area contributed by atoms with Gasteiger partial charge in [-0.25, -0.2) is 0 Å². The first-order valence-corrected chi connectivity index (χ1v) is 8.48. The van der Waals surface area contributed by atoms with E-state index in [-0.39, 0.29) is 24.8 Å². The number of nitrogens with one attached hydrogen (secondary N) is 1. The summed E-state index contributed by atoms with van der Waals surface area (Å²) in [7, 11) is 1.78. The Morgan fingerprint density at radius 1 is 1.25 bits per heavy atom. The Hall–Kier alpha value is -1.57. The second-order valence-corrected chi connectivity index (χ2v) is 6.80. The Balaban J connectivity index is 1.63. The number of aryl methyl sites for hydroxylation is 1. The summed E-state index contributed by atoms with van der Waals surface area (Å²) in [5.41, 5.74) is 0. The molecule has 1 saturated heterocycles. The fraction of sp³-hybridized carbons (Fsp3) is 0.750. The minimum atomic E-state index is -4.14. The second kappa shape index (κ2) is 6.74. The fourth-order valence-corrected chi connectivity index (χ4v) is 3.73. The van der Waals surface area contributed by atoms with Gasteiger partial charge in [0, 0.05) is 31.9 Å². The lowest BCUT2D eigenvalue weighted by molar-refractivity contribution is -0.183. The topological polar surface area (TPSA) is 50.2 Å². The van der Waals surface area contributed by atoms with Crippen molar-refractivity contribution in [3.63, 3.8) is 0 Å². The van der Waals surface area contributed by atoms with Crippen molar-refractivity contribution in [2.24, 2.45) is 13.0 Å². The third kappa shape index (κ3) is 3.74. The first-order chi connectivity index (χ1) is 11.3. The number of amides is 1. The molecular weight excluding hydrogens is 321 g/mol. The lowest BCUT2D eigenvalue weighted by Crippen LogP contribution is -2.54. The zero-order valence-electron chi connectivity index (χ0n) is 13.7. The fourth-order valence-electron chi connectivity index (χ4n) is 3.73. The molecule has 0 bridgehead atoms. The Morgan fingerprint density at radius 3 is 2.71 bits per heavy atom. The molecule has 1 aromatic heterocycles. The molecule has 3 atom stereocenters. The van der Waals surface area contributed by atoms with Crippen LogP contribution < -0.4 is 10.2 Å². The molecule has 3 rings (SSSR count). The van der Waals surface area contributed by atoms with Gasteiger partial charge in [0.15, 0.2) is 5.82 Å². The number of aromatic nitrogens is 2. The van der Waals surface area contributed by atoms with Gasteiger partial charge in [-0.3, -0.25) is 14.4 Å². The summed E-state index contributed by atoms with van der Waals surface area (Å²) in [5, 5.41) is 7.45. The number of carbonyl (C=O) groups is 1. The van der Waals surface area contributed by atoms with Crippen LogP contribution in [0.4, 0.5) is 19.0 Å². The first-order valence-electron chi connectivity index (χ1n) is 8.48. The number of halogens is 3. The summed E-state index contributed by atoms with van der Waals surface area (Å²) in [4.78, 5) is 14.3. The average molecular weight is 344 g/mol. The molecule has 2 fully saturated rings. The molecule has 1 saturated carbocycles. The van der Waals surface area contributed by atoms with E-state index in [4.69, 9.17) is 0 Å². The molecule has 0 aromatic carbocycles. The SMILES string of the molecule is Cn1ccc(N2CCCC(NC3CCCC(C(F)(F)F)C3)C2=O)n1. The maximum Gasteiger partial charge on any atom is 0.391 e. The number of rotatable bonds is 3. The lowest BCUT2D eigenvalue weighted by Gasteiger charge is -2.36. The molecular formula is C16H23F3N4O. The van der Waals surface area contributed by atoms with E-state index in [1.54, 1.807) is 28.9 Å². The highest BCUT2D eigenvalue weighted by atomic mass is 19.4. The van der Waals surface area contributed by atoms with Crippen molar-refractivity contribution in [3.05, 3.63) is 12.3 Å².